The molecule has 0 bridgehead atoms. The first-order chi connectivity index (χ1) is 18.2. The summed E-state index contributed by atoms with van der Waals surface area (Å²) in [6.45, 7) is 1.00. The number of pyridine rings is 3. The van der Waals surface area contributed by atoms with Crippen LogP contribution in [0.1, 0.15) is 16.7 Å². The zero-order chi connectivity index (χ0) is 26.1. The second-order valence-electron chi connectivity index (χ2n) is 6.99. The van der Waals surface area contributed by atoms with Crippen molar-refractivity contribution in [3.63, 3.8) is 0 Å². The molecular formula is C28H21N3O6. The lowest BCUT2D eigenvalue weighted by molar-refractivity contribution is -0.124. The Balaban J connectivity index is 1.97. The number of rotatable bonds is 13. The molecule has 0 aliphatic carbocycles. The van der Waals surface area contributed by atoms with Gasteiger partial charge in [0, 0.05) is 12.4 Å². The van der Waals surface area contributed by atoms with Crippen LogP contribution in [0.15, 0.2) is 91.9 Å². The van der Waals surface area contributed by atoms with Crippen LogP contribution in [0.2, 0.25) is 0 Å². The zero-order valence-corrected chi connectivity index (χ0v) is 19.4. The van der Waals surface area contributed by atoms with Crippen molar-refractivity contribution in [2.45, 2.75) is 0 Å². The van der Waals surface area contributed by atoms with E-state index in [-0.39, 0.29) is 0 Å². The number of allylic oxidation sites excluding steroid dienone is 4. The summed E-state index contributed by atoms with van der Waals surface area (Å²) in [5.74, 6) is 0. The van der Waals surface area contributed by atoms with Crippen LogP contribution in [0.4, 0.5) is 0 Å². The van der Waals surface area contributed by atoms with E-state index in [2.05, 4.69) is 19.4 Å². The monoisotopic (exact) mass is 495 g/mol. The molecule has 0 aromatic carbocycles. The quantitative estimate of drug-likeness (QED) is 0.143. The minimum absolute atomic E-state index is 0.331. The molecule has 0 amide bonds. The fourth-order valence-corrected chi connectivity index (χ4v) is 3.02. The van der Waals surface area contributed by atoms with Gasteiger partial charge in [-0.1, -0.05) is 24.3 Å². The zero-order valence-electron chi connectivity index (χ0n) is 19.4. The molecule has 9 nitrogen and oxygen atoms in total. The van der Waals surface area contributed by atoms with E-state index in [4.69, 9.17) is 9.72 Å². The predicted molar refractivity (Wildman–Crippen MR) is 138 cm³/mol. The predicted octanol–water partition coefficient (Wildman–Crippen LogP) is 4.75. The van der Waals surface area contributed by atoms with Crippen molar-refractivity contribution in [3.8, 4) is 22.8 Å². The van der Waals surface area contributed by atoms with Crippen molar-refractivity contribution in [1.82, 2.24) is 15.0 Å². The Hall–Kier alpha value is -5.44. The van der Waals surface area contributed by atoms with Gasteiger partial charge in [0.05, 0.1) is 41.6 Å². The Bertz CT molecular complexity index is 1280. The van der Waals surface area contributed by atoms with Gasteiger partial charge in [-0.2, -0.15) is 0 Å². The molecule has 3 aromatic rings. The Morgan fingerprint density at radius 1 is 0.514 bits per heavy atom. The first-order valence-electron chi connectivity index (χ1n) is 10.8. The summed E-state index contributed by atoms with van der Waals surface area (Å²) >= 11 is 0. The van der Waals surface area contributed by atoms with Gasteiger partial charge in [0.15, 0.2) is 0 Å². The van der Waals surface area contributed by atoms with E-state index in [0.717, 1.165) is 16.7 Å². The molecule has 0 unspecified atom stereocenters. The molecule has 3 heterocycles. The highest BCUT2D eigenvalue weighted by atomic mass is 16.5. The summed E-state index contributed by atoms with van der Waals surface area (Å²) in [5.41, 5.74) is 4.80. The highest BCUT2D eigenvalue weighted by Gasteiger charge is 2.09. The number of carbonyl (C=O) groups is 3. The Morgan fingerprint density at radius 2 is 0.973 bits per heavy atom. The maximum atomic E-state index is 10.6. The largest absolute Gasteiger partial charge is 0.437 e. The van der Waals surface area contributed by atoms with Crippen molar-refractivity contribution in [2.75, 3.05) is 0 Å². The molecular weight excluding hydrogens is 474 g/mol. The van der Waals surface area contributed by atoms with Gasteiger partial charge >= 0.3 is 0 Å². The molecule has 0 atom stereocenters. The van der Waals surface area contributed by atoms with Crippen LogP contribution in [0.5, 0.6) is 0 Å². The fourth-order valence-electron chi connectivity index (χ4n) is 3.02. The number of ether oxygens (including phenoxy) is 3. The minimum atomic E-state index is 0.331. The summed E-state index contributed by atoms with van der Waals surface area (Å²) in [4.78, 5) is 44.6. The standard InChI is InChI=1S/C28H21N3O6/c32-19-35-12-3-1-5-22-7-10-29-25(15-22)27-17-24(9-14-37-21-34)18-28(31-27)26-16-23(8-11-30-26)6-2-4-13-36-20-33/h1-21H/b5-1+,6-2+,12-3+,13-4+,14-9+. The summed E-state index contributed by atoms with van der Waals surface area (Å²) in [7, 11) is 0. The van der Waals surface area contributed by atoms with Crippen LogP contribution in [0, 0.1) is 0 Å². The minimum Gasteiger partial charge on any atom is -0.437 e. The number of aromatic nitrogens is 3. The first kappa shape index (κ1) is 26.2. The normalized spacial score (nSPS) is 11.6. The van der Waals surface area contributed by atoms with E-state index in [1.54, 1.807) is 42.8 Å². The highest BCUT2D eigenvalue weighted by molar-refractivity contribution is 5.70. The fraction of sp³-hybridized carbons (Fsp3) is 0. The smallest absolute Gasteiger partial charge is 0.297 e. The lowest BCUT2D eigenvalue weighted by atomic mass is 10.1. The molecule has 0 radical (unpaired) electrons. The van der Waals surface area contributed by atoms with Crippen molar-refractivity contribution in [3.05, 3.63) is 109 Å². The van der Waals surface area contributed by atoms with Crippen LogP contribution < -0.4 is 0 Å². The summed E-state index contributed by atoms with van der Waals surface area (Å²) in [5, 5.41) is 0. The molecule has 0 aliphatic heterocycles. The lowest BCUT2D eigenvalue weighted by Gasteiger charge is -2.08. The molecule has 0 saturated heterocycles. The van der Waals surface area contributed by atoms with E-state index in [1.165, 1.54) is 18.8 Å². The van der Waals surface area contributed by atoms with Gasteiger partial charge in [-0.15, -0.1) is 0 Å². The van der Waals surface area contributed by atoms with Crippen LogP contribution in [-0.2, 0) is 28.6 Å². The third kappa shape index (κ3) is 8.69. The van der Waals surface area contributed by atoms with E-state index >= 15 is 0 Å². The molecule has 0 aliphatic rings. The topological polar surface area (TPSA) is 118 Å². The van der Waals surface area contributed by atoms with Gasteiger partial charge in [0.1, 0.15) is 0 Å². The Labute approximate surface area is 212 Å². The summed E-state index contributed by atoms with van der Waals surface area (Å²) in [6, 6.07) is 11.0. The number of carbonyl (C=O) groups excluding carboxylic acids is 3. The average molecular weight is 495 g/mol. The first-order valence-corrected chi connectivity index (χ1v) is 10.8. The van der Waals surface area contributed by atoms with Gasteiger partial charge in [-0.3, -0.25) is 24.4 Å². The van der Waals surface area contributed by atoms with Crippen molar-refractivity contribution in [2.24, 2.45) is 0 Å². The van der Waals surface area contributed by atoms with E-state index in [0.29, 0.717) is 42.2 Å². The molecule has 9 heteroatoms. The van der Waals surface area contributed by atoms with Crippen LogP contribution in [0.3, 0.4) is 0 Å². The molecule has 0 spiro atoms. The van der Waals surface area contributed by atoms with Gasteiger partial charge in [0.25, 0.3) is 19.4 Å². The van der Waals surface area contributed by atoms with Gasteiger partial charge in [0.2, 0.25) is 0 Å². The third-order valence-electron chi connectivity index (χ3n) is 4.56. The van der Waals surface area contributed by atoms with Crippen LogP contribution in [-0.4, -0.2) is 34.4 Å². The van der Waals surface area contributed by atoms with Gasteiger partial charge < -0.3 is 14.2 Å². The molecule has 0 fully saturated rings. The van der Waals surface area contributed by atoms with Crippen LogP contribution >= 0.6 is 0 Å². The molecule has 0 N–H and O–H groups in total. The van der Waals surface area contributed by atoms with E-state index in [1.807, 2.05) is 48.6 Å². The molecule has 37 heavy (non-hydrogen) atoms. The van der Waals surface area contributed by atoms with Crippen molar-refractivity contribution < 1.29 is 28.6 Å². The van der Waals surface area contributed by atoms with E-state index < -0.39 is 0 Å². The van der Waals surface area contributed by atoms with Crippen LogP contribution in [0.25, 0.3) is 41.0 Å². The van der Waals surface area contributed by atoms with Gasteiger partial charge in [-0.25, -0.2) is 4.98 Å². The van der Waals surface area contributed by atoms with E-state index in [9.17, 15) is 14.4 Å². The lowest BCUT2D eigenvalue weighted by Crippen LogP contribution is -1.95. The van der Waals surface area contributed by atoms with Crippen molar-refractivity contribution in [1.29, 1.82) is 0 Å². The molecule has 0 saturated carbocycles. The number of nitrogens with zero attached hydrogens (tertiary/aromatic N) is 3. The van der Waals surface area contributed by atoms with Gasteiger partial charge in [-0.05, 0) is 71.3 Å². The molecule has 3 aromatic heterocycles. The maximum Gasteiger partial charge on any atom is 0.297 e. The van der Waals surface area contributed by atoms with Crippen molar-refractivity contribution >= 4 is 37.6 Å². The number of hydrogen-bond acceptors (Lipinski definition) is 9. The molecule has 3 rings (SSSR count). The SMILES string of the molecule is O=CO/C=C/C=C/c1ccnc(-c2cc(/C=C/OC=O)cc(-c3cc(/C=C/C=C/OC=O)ccn3)n2)c1. The Kier molecular flexibility index (Phi) is 10.4. The third-order valence-corrected chi connectivity index (χ3v) is 4.56. The summed E-state index contributed by atoms with van der Waals surface area (Å²) < 4.78 is 13.7. The average Bonchev–Trinajstić information content (AvgIpc) is 2.93. The Morgan fingerprint density at radius 3 is 1.46 bits per heavy atom. The second-order valence-corrected chi connectivity index (χ2v) is 6.99. The maximum absolute atomic E-state index is 10.6. The molecule has 184 valence electrons. The summed E-state index contributed by atoms with van der Waals surface area (Å²) in [6.07, 6.45) is 19.0. The highest BCUT2D eigenvalue weighted by Crippen LogP contribution is 2.25. The second kappa shape index (κ2) is 14.7. The number of hydrogen-bond donors (Lipinski definition) is 0.